The molecule has 9 nitrogen and oxygen atoms in total. The fourth-order valence-corrected chi connectivity index (χ4v) is 6.05. The van der Waals surface area contributed by atoms with E-state index in [1.54, 1.807) is 35.6 Å². The van der Waals surface area contributed by atoms with Crippen molar-refractivity contribution in [1.29, 1.82) is 0 Å². The van der Waals surface area contributed by atoms with Crippen molar-refractivity contribution >= 4 is 70.8 Å². The van der Waals surface area contributed by atoms with Gasteiger partial charge in [-0.3, -0.25) is 34.5 Å². The maximum atomic E-state index is 13.9. The van der Waals surface area contributed by atoms with Crippen molar-refractivity contribution in [2.75, 3.05) is 0 Å². The van der Waals surface area contributed by atoms with Crippen LogP contribution in [-0.4, -0.2) is 45.6 Å². The van der Waals surface area contributed by atoms with Gasteiger partial charge in [0.2, 0.25) is 5.91 Å². The second-order valence-electron chi connectivity index (χ2n) is 9.30. The van der Waals surface area contributed by atoms with Gasteiger partial charge in [0, 0.05) is 33.4 Å². The Morgan fingerprint density at radius 3 is 2.69 bits per heavy atom. The summed E-state index contributed by atoms with van der Waals surface area (Å²) >= 11 is 1.50. The van der Waals surface area contributed by atoms with Crippen molar-refractivity contribution in [3.63, 3.8) is 0 Å². The van der Waals surface area contributed by atoms with E-state index in [2.05, 4.69) is 25.1 Å². The molecule has 8 rings (SSSR count). The molecule has 0 unspecified atom stereocenters. The summed E-state index contributed by atoms with van der Waals surface area (Å²) in [6.45, 7) is 0. The molecule has 0 radical (unpaired) electrons. The van der Waals surface area contributed by atoms with E-state index in [0.29, 0.717) is 16.7 Å². The summed E-state index contributed by atoms with van der Waals surface area (Å²) in [5.41, 5.74) is 6.86. The Balaban J connectivity index is 1.52. The molecule has 39 heavy (non-hydrogen) atoms. The Labute approximate surface area is 223 Å². The van der Waals surface area contributed by atoms with Gasteiger partial charge in [-0.2, -0.15) is 0 Å². The third kappa shape index (κ3) is 3.53. The summed E-state index contributed by atoms with van der Waals surface area (Å²) < 4.78 is 2.68. The molecule has 5 aromatic heterocycles. The first-order valence-electron chi connectivity index (χ1n) is 12.3. The van der Waals surface area contributed by atoms with Crippen molar-refractivity contribution in [2.24, 2.45) is 0 Å². The highest BCUT2D eigenvalue weighted by Crippen LogP contribution is 2.32. The lowest BCUT2D eigenvalue weighted by Gasteiger charge is -2.08. The molecule has 186 valence electrons. The minimum Gasteiger partial charge on any atom is -0.298 e. The highest BCUT2D eigenvalue weighted by Gasteiger charge is 2.16. The lowest BCUT2D eigenvalue weighted by atomic mass is 10.1. The SMILES string of the molecule is O=C(Cc1ccccc1)n1c2cncc(c2)c2cc3c(cn2)[nH][nH]c-3c2nc3cncc(c4ccc1s4)c3n2. The highest BCUT2D eigenvalue weighted by molar-refractivity contribution is 7.24. The molecule has 0 aliphatic carbocycles. The highest BCUT2D eigenvalue weighted by atomic mass is 32.1. The van der Waals surface area contributed by atoms with E-state index in [4.69, 9.17) is 9.97 Å². The molecular weight excluding hydrogens is 508 g/mol. The van der Waals surface area contributed by atoms with Crippen LogP contribution in [0.2, 0.25) is 0 Å². The van der Waals surface area contributed by atoms with E-state index in [1.807, 2.05) is 54.6 Å². The van der Waals surface area contributed by atoms with Crippen molar-refractivity contribution in [1.82, 2.24) is 39.7 Å². The quantitative estimate of drug-likeness (QED) is 0.283. The molecule has 0 atom stereocenters. The van der Waals surface area contributed by atoms with Crippen LogP contribution in [0.3, 0.4) is 0 Å². The molecule has 0 saturated heterocycles. The van der Waals surface area contributed by atoms with E-state index >= 15 is 0 Å². The third-order valence-corrected chi connectivity index (χ3v) is 7.97. The Morgan fingerprint density at radius 1 is 0.872 bits per heavy atom. The van der Waals surface area contributed by atoms with Gasteiger partial charge in [0.15, 0.2) is 5.65 Å². The Bertz CT molecular complexity index is 2240. The predicted molar refractivity (Wildman–Crippen MR) is 153 cm³/mol. The molecule has 0 fully saturated rings. The summed E-state index contributed by atoms with van der Waals surface area (Å²) in [7, 11) is 0. The Kier molecular flexibility index (Phi) is 4.70. The zero-order chi connectivity index (χ0) is 25.9. The normalized spacial score (nSPS) is 11.8. The number of thiophene rings is 1. The van der Waals surface area contributed by atoms with Crippen LogP contribution in [0.4, 0.5) is 0 Å². The molecular formula is C29H18N8OS. The first-order valence-corrected chi connectivity index (χ1v) is 13.1. The second-order valence-corrected chi connectivity index (χ2v) is 10.4. The number of nitrogens with one attached hydrogen (secondary N) is 2. The topological polar surface area (TPSA) is 118 Å². The smallest absolute Gasteiger partial charge is 0.236 e. The van der Waals surface area contributed by atoms with Crippen LogP contribution in [-0.2, 0) is 6.42 Å². The van der Waals surface area contributed by atoms with Gasteiger partial charge in [-0.05, 0) is 29.8 Å². The Hall–Kier alpha value is -5.22. The number of fused-ring (bicyclic) bond motifs is 9. The van der Waals surface area contributed by atoms with Crippen LogP contribution < -0.4 is 0 Å². The Morgan fingerprint density at radius 2 is 1.77 bits per heavy atom. The monoisotopic (exact) mass is 526 g/mol. The van der Waals surface area contributed by atoms with Crippen molar-refractivity contribution in [2.45, 2.75) is 6.42 Å². The minimum absolute atomic E-state index is 0.0597. The molecule has 2 aliphatic heterocycles. The zero-order valence-electron chi connectivity index (χ0n) is 20.3. The first kappa shape index (κ1) is 21.8. The molecule has 8 bridgehead atoms. The number of hydrogen-bond donors (Lipinski definition) is 2. The standard InChI is InChI=1S/C29H18N8OS/c38-25(8-16-4-2-1-3-5-16)37-18-9-17(11-30-12-18)21-10-19-22(15-32-21)35-36-28(19)29-33-23-14-31-13-20(27(23)34-29)24-6-7-26(37)39-24/h1-7,9-15,35-36H,8H2. The molecule has 10 heteroatoms. The van der Waals surface area contributed by atoms with E-state index in [9.17, 15) is 4.79 Å². The number of aromatic nitrogens is 8. The maximum Gasteiger partial charge on any atom is 0.236 e. The van der Waals surface area contributed by atoms with Gasteiger partial charge in [-0.15, -0.1) is 11.3 Å². The first-order chi connectivity index (χ1) is 19.2. The van der Waals surface area contributed by atoms with Crippen molar-refractivity contribution in [3.8, 4) is 11.3 Å². The van der Waals surface area contributed by atoms with E-state index < -0.39 is 0 Å². The summed E-state index contributed by atoms with van der Waals surface area (Å²) in [6.07, 6.45) is 9.02. The summed E-state index contributed by atoms with van der Waals surface area (Å²) in [6, 6.07) is 17.7. The van der Waals surface area contributed by atoms with Gasteiger partial charge in [-0.1, -0.05) is 30.3 Å². The maximum absolute atomic E-state index is 13.9. The summed E-state index contributed by atoms with van der Waals surface area (Å²) in [4.78, 5) is 38.0. The number of pyridine rings is 3. The molecule has 0 amide bonds. The number of imidazole rings is 1. The predicted octanol–water partition coefficient (Wildman–Crippen LogP) is 6.06. The van der Waals surface area contributed by atoms with Crippen LogP contribution in [0, 0.1) is 0 Å². The molecule has 2 N–H and O–H groups in total. The molecule has 6 aromatic rings. The number of rotatable bonds is 2. The molecule has 0 saturated carbocycles. The third-order valence-electron chi connectivity index (χ3n) is 6.86. The number of aromatic amines is 2. The van der Waals surface area contributed by atoms with Crippen LogP contribution in [0.15, 0.2) is 85.6 Å². The second kappa shape index (κ2) is 8.40. The van der Waals surface area contributed by atoms with Crippen LogP contribution in [0.5, 0.6) is 0 Å². The largest absolute Gasteiger partial charge is 0.298 e. The fourth-order valence-electron chi connectivity index (χ4n) is 5.00. The molecule has 0 spiro atoms. The van der Waals surface area contributed by atoms with Gasteiger partial charge in [0.25, 0.3) is 0 Å². The number of H-pyrrole nitrogens is 2. The van der Waals surface area contributed by atoms with Crippen LogP contribution in [0.1, 0.15) is 10.4 Å². The van der Waals surface area contributed by atoms with Gasteiger partial charge < -0.3 is 0 Å². The molecule has 1 aromatic carbocycles. The van der Waals surface area contributed by atoms with Crippen LogP contribution in [0.25, 0.3) is 64.8 Å². The minimum atomic E-state index is -0.0597. The average molecular weight is 527 g/mol. The van der Waals surface area contributed by atoms with Gasteiger partial charge in [0.05, 0.1) is 41.6 Å². The summed E-state index contributed by atoms with van der Waals surface area (Å²) in [5.74, 6) is -0.0597. The van der Waals surface area contributed by atoms with Gasteiger partial charge in [0.1, 0.15) is 21.6 Å². The van der Waals surface area contributed by atoms with E-state index in [0.717, 1.165) is 53.7 Å². The number of benzene rings is 1. The fraction of sp³-hybridized carbons (Fsp3) is 0.0345. The van der Waals surface area contributed by atoms with Crippen molar-refractivity contribution < 1.29 is 4.79 Å². The zero-order valence-corrected chi connectivity index (χ0v) is 21.1. The van der Waals surface area contributed by atoms with E-state index in [1.165, 1.54) is 11.3 Å². The van der Waals surface area contributed by atoms with Gasteiger partial charge in [-0.25, -0.2) is 9.97 Å². The lowest BCUT2D eigenvalue weighted by molar-refractivity contribution is 0.0924. The number of hydrogen-bond acceptors (Lipinski definition) is 7. The summed E-state index contributed by atoms with van der Waals surface area (Å²) in [5, 5.41) is 8.04. The van der Waals surface area contributed by atoms with E-state index in [-0.39, 0.29) is 12.3 Å². The molecule has 2 aliphatic rings. The van der Waals surface area contributed by atoms with Crippen molar-refractivity contribution in [3.05, 3.63) is 91.1 Å². The number of nitrogens with zero attached hydrogens (tertiary/aromatic N) is 6. The van der Waals surface area contributed by atoms with Crippen LogP contribution >= 0.6 is 11.3 Å². The molecule has 7 heterocycles. The average Bonchev–Trinajstić information content (AvgIpc) is 3.71. The lowest BCUT2D eigenvalue weighted by Crippen LogP contribution is -2.14. The van der Waals surface area contributed by atoms with Gasteiger partial charge >= 0.3 is 0 Å². The number of carbonyl (C=O) groups excluding carboxylic acids is 1. The number of carbonyl (C=O) groups is 1.